The second kappa shape index (κ2) is 7.56. The zero-order valence-corrected chi connectivity index (χ0v) is 17.6. The molecule has 1 atom stereocenters. The average Bonchev–Trinajstić information content (AvgIpc) is 3.26. The first-order valence-electron chi connectivity index (χ1n) is 9.89. The predicted molar refractivity (Wildman–Crippen MR) is 114 cm³/mol. The molecule has 3 N–H and O–H groups in total. The quantitative estimate of drug-likeness (QED) is 0.528. The van der Waals surface area contributed by atoms with E-state index in [-0.39, 0.29) is 18.3 Å². The van der Waals surface area contributed by atoms with Gasteiger partial charge in [0, 0.05) is 38.4 Å². The van der Waals surface area contributed by atoms with Gasteiger partial charge in [0.25, 0.3) is 0 Å². The predicted octanol–water partition coefficient (Wildman–Crippen LogP) is 1.87. The first-order chi connectivity index (χ1) is 14.4. The number of halogens is 1. The molecule has 4 rings (SSSR count). The first kappa shape index (κ1) is 20.1. The van der Waals surface area contributed by atoms with Crippen LogP contribution in [0.4, 0.5) is 10.2 Å². The van der Waals surface area contributed by atoms with Crippen molar-refractivity contribution in [1.29, 1.82) is 0 Å². The highest BCUT2D eigenvalue weighted by atomic mass is 19.1. The third-order valence-corrected chi connectivity index (χ3v) is 5.73. The molecule has 8 nitrogen and oxygen atoms in total. The highest BCUT2D eigenvalue weighted by Gasteiger charge is 2.49. The summed E-state index contributed by atoms with van der Waals surface area (Å²) in [6.07, 6.45) is 1.91. The molecule has 2 aromatic rings. The van der Waals surface area contributed by atoms with Crippen LogP contribution in [0.5, 0.6) is 0 Å². The van der Waals surface area contributed by atoms with Gasteiger partial charge in [0.15, 0.2) is 11.5 Å². The molecular weight excluding hydrogens is 385 g/mol. The van der Waals surface area contributed by atoms with Gasteiger partial charge < -0.3 is 20.1 Å². The van der Waals surface area contributed by atoms with Crippen LogP contribution in [0.25, 0.3) is 11.3 Å². The van der Waals surface area contributed by atoms with Crippen molar-refractivity contribution in [2.75, 3.05) is 32.5 Å². The van der Waals surface area contributed by atoms with Crippen LogP contribution in [-0.4, -0.2) is 53.4 Å². The van der Waals surface area contributed by atoms with Crippen LogP contribution in [0.3, 0.4) is 0 Å². The molecule has 0 saturated carbocycles. The van der Waals surface area contributed by atoms with Crippen LogP contribution in [0.1, 0.15) is 19.7 Å². The molecule has 3 heterocycles. The number of anilines is 1. The molecule has 0 spiro atoms. The Kier molecular flexibility index (Phi) is 5.07. The monoisotopic (exact) mass is 411 g/mol. The third-order valence-electron chi connectivity index (χ3n) is 5.73. The van der Waals surface area contributed by atoms with Gasteiger partial charge in [0.05, 0.1) is 6.54 Å². The van der Waals surface area contributed by atoms with Gasteiger partial charge in [0.2, 0.25) is 5.91 Å². The number of hydrogen-bond acceptors (Lipinski definition) is 5. The van der Waals surface area contributed by atoms with E-state index in [4.69, 9.17) is 4.98 Å². The lowest BCUT2D eigenvalue weighted by atomic mass is 10.1. The van der Waals surface area contributed by atoms with Crippen molar-refractivity contribution < 1.29 is 9.18 Å². The molecule has 1 unspecified atom stereocenters. The van der Waals surface area contributed by atoms with Crippen molar-refractivity contribution >= 4 is 17.6 Å². The number of aromatic nitrogens is 2. The number of imidazole rings is 1. The number of amides is 1. The van der Waals surface area contributed by atoms with Crippen LogP contribution in [-0.2, 0) is 17.0 Å². The molecule has 0 bridgehead atoms. The molecule has 1 aromatic heterocycles. The van der Waals surface area contributed by atoms with Crippen LogP contribution in [0.2, 0.25) is 0 Å². The van der Waals surface area contributed by atoms with Crippen molar-refractivity contribution in [1.82, 2.24) is 25.1 Å². The highest BCUT2D eigenvalue weighted by molar-refractivity contribution is 6.05. The van der Waals surface area contributed by atoms with Gasteiger partial charge in [-0.1, -0.05) is 0 Å². The van der Waals surface area contributed by atoms with Gasteiger partial charge in [-0.15, -0.1) is 0 Å². The number of allylic oxidation sites excluding steroid dienone is 1. The smallest absolute Gasteiger partial charge is 0.238 e. The van der Waals surface area contributed by atoms with Crippen molar-refractivity contribution in [3.63, 3.8) is 0 Å². The SMILES string of the molecule is CN=C(/C=C(/C)NC)Nc1c(-c2ccc(F)cc2)nc2n1CCN1C(=O)CNC21C. The third kappa shape index (κ3) is 3.24. The summed E-state index contributed by atoms with van der Waals surface area (Å²) >= 11 is 0. The Morgan fingerprint density at radius 3 is 2.73 bits per heavy atom. The number of benzene rings is 1. The lowest BCUT2D eigenvalue weighted by Crippen LogP contribution is -2.53. The van der Waals surface area contributed by atoms with E-state index >= 15 is 0 Å². The largest absolute Gasteiger partial charge is 0.392 e. The van der Waals surface area contributed by atoms with Crippen molar-refractivity contribution in [2.45, 2.75) is 26.1 Å². The van der Waals surface area contributed by atoms with Crippen LogP contribution in [0.15, 0.2) is 41.0 Å². The van der Waals surface area contributed by atoms with E-state index in [1.54, 1.807) is 19.2 Å². The summed E-state index contributed by atoms with van der Waals surface area (Å²) in [6.45, 7) is 5.37. The van der Waals surface area contributed by atoms with Gasteiger partial charge in [-0.3, -0.25) is 15.1 Å². The summed E-state index contributed by atoms with van der Waals surface area (Å²) < 4.78 is 15.6. The summed E-state index contributed by atoms with van der Waals surface area (Å²) in [5.74, 6) is 1.93. The van der Waals surface area contributed by atoms with Gasteiger partial charge >= 0.3 is 0 Å². The molecule has 9 heteroatoms. The second-order valence-electron chi connectivity index (χ2n) is 7.57. The first-order valence-corrected chi connectivity index (χ1v) is 9.89. The van der Waals surface area contributed by atoms with E-state index in [9.17, 15) is 9.18 Å². The van der Waals surface area contributed by atoms with E-state index in [0.717, 1.165) is 22.9 Å². The van der Waals surface area contributed by atoms with E-state index in [1.807, 2.05) is 31.9 Å². The number of amidine groups is 1. The Labute approximate surface area is 174 Å². The van der Waals surface area contributed by atoms with Gasteiger partial charge in [0.1, 0.15) is 23.2 Å². The summed E-state index contributed by atoms with van der Waals surface area (Å²) in [7, 11) is 3.56. The molecule has 1 aromatic carbocycles. The minimum Gasteiger partial charge on any atom is -0.392 e. The maximum Gasteiger partial charge on any atom is 0.238 e. The Bertz CT molecular complexity index is 1040. The minimum absolute atomic E-state index is 0.0629. The molecule has 1 amide bonds. The van der Waals surface area contributed by atoms with Crippen LogP contribution < -0.4 is 16.0 Å². The number of aliphatic imine (C=N–C) groups is 1. The maximum absolute atomic E-state index is 13.5. The van der Waals surface area contributed by atoms with Gasteiger partial charge in [-0.05, 0) is 44.2 Å². The van der Waals surface area contributed by atoms with E-state index in [1.165, 1.54) is 12.1 Å². The summed E-state index contributed by atoms with van der Waals surface area (Å²) in [5, 5.41) is 9.79. The van der Waals surface area contributed by atoms with Crippen molar-refractivity contribution in [2.24, 2.45) is 4.99 Å². The molecule has 1 saturated heterocycles. The van der Waals surface area contributed by atoms with E-state index in [0.29, 0.717) is 24.6 Å². The molecule has 0 aliphatic carbocycles. The second-order valence-corrected chi connectivity index (χ2v) is 7.57. The number of fused-ring (bicyclic) bond motifs is 3. The fourth-order valence-corrected chi connectivity index (χ4v) is 3.97. The molecule has 2 aliphatic heterocycles. The summed E-state index contributed by atoms with van der Waals surface area (Å²) in [5.41, 5.74) is 1.73. The molecule has 158 valence electrons. The average molecular weight is 411 g/mol. The van der Waals surface area contributed by atoms with Gasteiger partial charge in [-0.25, -0.2) is 9.37 Å². The van der Waals surface area contributed by atoms with Crippen molar-refractivity contribution in [3.8, 4) is 11.3 Å². The number of nitrogens with zero attached hydrogens (tertiary/aromatic N) is 4. The number of carbonyl (C=O) groups excluding carboxylic acids is 1. The Balaban J connectivity index is 1.86. The topological polar surface area (TPSA) is 86.6 Å². The molecule has 2 aliphatic rings. The van der Waals surface area contributed by atoms with Crippen LogP contribution in [0, 0.1) is 5.82 Å². The van der Waals surface area contributed by atoms with Crippen molar-refractivity contribution in [3.05, 3.63) is 47.7 Å². The normalized spacial score (nSPS) is 21.5. The Morgan fingerprint density at radius 2 is 2.07 bits per heavy atom. The fraction of sp³-hybridized carbons (Fsp3) is 0.381. The minimum atomic E-state index is -0.690. The zero-order valence-electron chi connectivity index (χ0n) is 17.6. The van der Waals surface area contributed by atoms with E-state index < -0.39 is 5.66 Å². The molecule has 0 radical (unpaired) electrons. The lowest BCUT2D eigenvalue weighted by molar-refractivity contribution is -0.131. The zero-order chi connectivity index (χ0) is 21.5. The van der Waals surface area contributed by atoms with E-state index in [2.05, 4.69) is 25.5 Å². The number of carbonyl (C=O) groups is 1. The fourth-order valence-electron chi connectivity index (χ4n) is 3.97. The molecule has 30 heavy (non-hydrogen) atoms. The Hall–Kier alpha value is -3.20. The summed E-state index contributed by atoms with van der Waals surface area (Å²) in [4.78, 5) is 23.4. The van der Waals surface area contributed by atoms with Crippen LogP contribution >= 0.6 is 0 Å². The standard InChI is InChI=1S/C21H26FN7O/c1-13(23-3)11-16(24-4)26-19-18(14-5-7-15(22)8-6-14)27-20-21(2)25-12-17(30)29(21)10-9-28(19)20/h5-8,11,23,25H,9-10,12H2,1-4H3,(H,24,26)/b13-11-. The summed E-state index contributed by atoms with van der Waals surface area (Å²) in [6, 6.07) is 6.25. The number of nitrogens with one attached hydrogen (secondary N) is 3. The molecular formula is C21H26FN7O. The lowest BCUT2D eigenvalue weighted by Gasteiger charge is -2.39. The Morgan fingerprint density at radius 1 is 1.33 bits per heavy atom. The maximum atomic E-state index is 13.5. The number of hydrogen-bond donors (Lipinski definition) is 3. The molecule has 1 fully saturated rings. The number of rotatable bonds is 4. The highest BCUT2D eigenvalue weighted by Crippen LogP contribution is 2.39. The van der Waals surface area contributed by atoms with Gasteiger partial charge in [-0.2, -0.15) is 0 Å².